The van der Waals surface area contributed by atoms with Crippen LogP contribution in [0.1, 0.15) is 32.2 Å². The first-order chi connectivity index (χ1) is 11.4. The van der Waals surface area contributed by atoms with Crippen molar-refractivity contribution in [1.82, 2.24) is 19.9 Å². The molecule has 0 spiro atoms. The minimum absolute atomic E-state index is 0.519. The van der Waals surface area contributed by atoms with Crippen LogP contribution in [-0.2, 0) is 0 Å². The van der Waals surface area contributed by atoms with Crippen LogP contribution in [0, 0.1) is 0 Å². The van der Waals surface area contributed by atoms with E-state index in [0.29, 0.717) is 12.1 Å². The van der Waals surface area contributed by atoms with Crippen LogP contribution in [-0.4, -0.2) is 27.1 Å². The molecule has 2 aromatic heterocycles. The lowest BCUT2D eigenvalue weighted by molar-refractivity contribution is 0.297. The van der Waals surface area contributed by atoms with Crippen molar-refractivity contribution in [1.29, 1.82) is 0 Å². The fraction of sp³-hybridized carbons (Fsp3) is 0.368. The Labute approximate surface area is 136 Å². The van der Waals surface area contributed by atoms with Gasteiger partial charge in [-0.3, -0.25) is 4.98 Å². The number of piperidine rings is 1. The molecule has 0 bridgehead atoms. The summed E-state index contributed by atoms with van der Waals surface area (Å²) in [6.45, 7) is 3.34. The van der Waals surface area contributed by atoms with E-state index in [1.165, 1.54) is 23.8 Å². The van der Waals surface area contributed by atoms with Gasteiger partial charge in [0.2, 0.25) is 0 Å². The second-order valence-electron chi connectivity index (χ2n) is 6.27. The molecule has 0 radical (unpaired) electrons. The van der Waals surface area contributed by atoms with Crippen LogP contribution in [0.4, 0.5) is 0 Å². The molecule has 1 saturated heterocycles. The number of imidazole rings is 1. The molecule has 23 heavy (non-hydrogen) atoms. The highest BCUT2D eigenvalue weighted by Crippen LogP contribution is 2.31. The van der Waals surface area contributed by atoms with Crippen molar-refractivity contribution in [3.63, 3.8) is 0 Å². The molecular formula is C19H22N4. The largest absolute Gasteiger partial charge is 0.328 e. The number of para-hydroxylation sites is 1. The number of rotatable bonds is 3. The van der Waals surface area contributed by atoms with E-state index >= 15 is 0 Å². The van der Waals surface area contributed by atoms with E-state index in [1.807, 2.05) is 18.5 Å². The van der Waals surface area contributed by atoms with Crippen molar-refractivity contribution in [3.8, 4) is 11.4 Å². The molecule has 1 fully saturated rings. The maximum atomic E-state index is 4.68. The molecule has 118 valence electrons. The fourth-order valence-corrected chi connectivity index (χ4v) is 3.65. The quantitative estimate of drug-likeness (QED) is 0.800. The number of nitrogens with one attached hydrogen (secondary N) is 1. The lowest BCUT2D eigenvalue weighted by atomic mass is 9.97. The van der Waals surface area contributed by atoms with Crippen LogP contribution in [0.5, 0.6) is 0 Å². The Bertz CT molecular complexity index is 802. The summed E-state index contributed by atoms with van der Waals surface area (Å²) in [6, 6.07) is 11.5. The molecule has 0 saturated carbocycles. The van der Waals surface area contributed by atoms with E-state index < -0.39 is 0 Å². The van der Waals surface area contributed by atoms with Gasteiger partial charge in [-0.05, 0) is 37.9 Å². The van der Waals surface area contributed by atoms with Gasteiger partial charge in [-0.1, -0.05) is 25.1 Å². The Morgan fingerprint density at radius 1 is 1.17 bits per heavy atom. The SMILES string of the molecule is CC[C@H]1C[C@H](n2ccnc2-c2ccnc3ccccc23)CCN1. The summed E-state index contributed by atoms with van der Waals surface area (Å²) in [5, 5.41) is 4.78. The molecule has 0 unspecified atom stereocenters. The molecule has 0 aliphatic carbocycles. The summed E-state index contributed by atoms with van der Waals surface area (Å²) in [5.41, 5.74) is 2.20. The molecule has 0 amide bonds. The fourth-order valence-electron chi connectivity index (χ4n) is 3.65. The van der Waals surface area contributed by atoms with Gasteiger partial charge in [0.1, 0.15) is 5.82 Å². The number of fused-ring (bicyclic) bond motifs is 1. The van der Waals surface area contributed by atoms with Crippen molar-refractivity contribution in [3.05, 3.63) is 48.9 Å². The predicted molar refractivity (Wildman–Crippen MR) is 93.3 cm³/mol. The summed E-state index contributed by atoms with van der Waals surface area (Å²) in [4.78, 5) is 9.15. The Kier molecular flexibility index (Phi) is 3.83. The van der Waals surface area contributed by atoms with E-state index in [0.717, 1.165) is 24.3 Å². The maximum Gasteiger partial charge on any atom is 0.140 e. The molecular weight excluding hydrogens is 284 g/mol. The molecule has 2 atom stereocenters. The molecule has 3 heterocycles. The van der Waals surface area contributed by atoms with Crippen LogP contribution >= 0.6 is 0 Å². The monoisotopic (exact) mass is 306 g/mol. The van der Waals surface area contributed by atoms with Crippen molar-refractivity contribution >= 4 is 10.9 Å². The second kappa shape index (κ2) is 6.13. The van der Waals surface area contributed by atoms with Crippen LogP contribution in [0.3, 0.4) is 0 Å². The molecule has 1 aliphatic rings. The predicted octanol–water partition coefficient (Wildman–Crippen LogP) is 3.80. The van der Waals surface area contributed by atoms with E-state index in [1.54, 1.807) is 0 Å². The Morgan fingerprint density at radius 3 is 3.00 bits per heavy atom. The van der Waals surface area contributed by atoms with E-state index in [4.69, 9.17) is 0 Å². The lowest BCUT2D eigenvalue weighted by Gasteiger charge is -2.31. The van der Waals surface area contributed by atoms with Gasteiger partial charge in [0.15, 0.2) is 0 Å². The third-order valence-corrected chi connectivity index (χ3v) is 4.91. The first-order valence-electron chi connectivity index (χ1n) is 8.47. The number of hydrogen-bond acceptors (Lipinski definition) is 3. The molecule has 4 nitrogen and oxygen atoms in total. The zero-order valence-corrected chi connectivity index (χ0v) is 13.4. The Morgan fingerprint density at radius 2 is 2.09 bits per heavy atom. The van der Waals surface area contributed by atoms with Crippen molar-refractivity contribution in [2.24, 2.45) is 0 Å². The topological polar surface area (TPSA) is 42.7 Å². The first-order valence-corrected chi connectivity index (χ1v) is 8.47. The Balaban J connectivity index is 1.77. The van der Waals surface area contributed by atoms with E-state index in [-0.39, 0.29) is 0 Å². The molecule has 1 aromatic carbocycles. The standard InChI is InChI=1S/C19H22N4/c1-2-14-13-15(7-9-20-14)23-12-11-22-19(23)17-8-10-21-18-6-4-3-5-16(17)18/h3-6,8,10-12,14-15,20H,2,7,9,13H2,1H3/t14-,15+/m0/s1. The highest BCUT2D eigenvalue weighted by Gasteiger charge is 2.24. The second-order valence-corrected chi connectivity index (χ2v) is 6.27. The third kappa shape index (κ3) is 2.63. The summed E-state index contributed by atoms with van der Waals surface area (Å²) in [7, 11) is 0. The smallest absolute Gasteiger partial charge is 0.140 e. The first kappa shape index (κ1) is 14.4. The highest BCUT2D eigenvalue weighted by molar-refractivity contribution is 5.92. The lowest BCUT2D eigenvalue weighted by Crippen LogP contribution is -2.38. The van der Waals surface area contributed by atoms with E-state index in [9.17, 15) is 0 Å². The minimum atomic E-state index is 0.519. The molecule has 4 rings (SSSR count). The third-order valence-electron chi connectivity index (χ3n) is 4.91. The molecule has 4 heteroatoms. The Hall–Kier alpha value is -2.20. The van der Waals surface area contributed by atoms with Gasteiger partial charge < -0.3 is 9.88 Å². The maximum absolute atomic E-state index is 4.68. The van der Waals surface area contributed by atoms with Crippen molar-refractivity contribution < 1.29 is 0 Å². The van der Waals surface area contributed by atoms with Crippen molar-refractivity contribution in [2.75, 3.05) is 6.54 Å². The number of nitrogens with zero attached hydrogens (tertiary/aromatic N) is 3. The number of benzene rings is 1. The summed E-state index contributed by atoms with van der Waals surface area (Å²) < 4.78 is 2.37. The van der Waals surface area contributed by atoms with Crippen molar-refractivity contribution in [2.45, 2.75) is 38.3 Å². The highest BCUT2D eigenvalue weighted by atomic mass is 15.1. The summed E-state index contributed by atoms with van der Waals surface area (Å²) in [6.07, 6.45) is 9.44. The summed E-state index contributed by atoms with van der Waals surface area (Å²) >= 11 is 0. The van der Waals surface area contributed by atoms with Gasteiger partial charge >= 0.3 is 0 Å². The molecule has 1 aliphatic heterocycles. The number of hydrogen-bond donors (Lipinski definition) is 1. The van der Waals surface area contributed by atoms with Gasteiger partial charge in [-0.25, -0.2) is 4.98 Å². The van der Waals surface area contributed by atoms with Gasteiger partial charge in [-0.2, -0.15) is 0 Å². The van der Waals surface area contributed by atoms with Gasteiger partial charge in [0, 0.05) is 41.6 Å². The van der Waals surface area contributed by atoms with Crippen LogP contribution in [0.2, 0.25) is 0 Å². The van der Waals surface area contributed by atoms with Gasteiger partial charge in [0.05, 0.1) is 5.52 Å². The van der Waals surface area contributed by atoms with Crippen LogP contribution in [0.25, 0.3) is 22.3 Å². The zero-order chi connectivity index (χ0) is 15.6. The zero-order valence-electron chi connectivity index (χ0n) is 13.4. The average molecular weight is 306 g/mol. The molecule has 1 N–H and O–H groups in total. The van der Waals surface area contributed by atoms with Gasteiger partial charge in [0.25, 0.3) is 0 Å². The average Bonchev–Trinajstić information content (AvgIpc) is 3.11. The van der Waals surface area contributed by atoms with E-state index in [2.05, 4.69) is 57.2 Å². The summed E-state index contributed by atoms with van der Waals surface area (Å²) in [5.74, 6) is 1.06. The normalized spacial score (nSPS) is 21.6. The minimum Gasteiger partial charge on any atom is -0.328 e. The molecule has 3 aromatic rings. The number of pyridine rings is 1. The van der Waals surface area contributed by atoms with Crippen LogP contribution < -0.4 is 5.32 Å². The van der Waals surface area contributed by atoms with Gasteiger partial charge in [-0.15, -0.1) is 0 Å². The number of aromatic nitrogens is 3. The van der Waals surface area contributed by atoms with Crippen LogP contribution in [0.15, 0.2) is 48.9 Å².